The summed E-state index contributed by atoms with van der Waals surface area (Å²) in [4.78, 5) is 1.28. The Balaban J connectivity index is 2.17. The van der Waals surface area contributed by atoms with Gasteiger partial charge < -0.3 is 9.74 Å². The topological polar surface area (TPSA) is 21.3 Å². The van der Waals surface area contributed by atoms with Gasteiger partial charge in [0.15, 0.2) is 0 Å². The van der Waals surface area contributed by atoms with Gasteiger partial charge in [-0.3, -0.25) is 0 Å². The average molecular weight is 412 g/mol. The molecule has 0 amide bonds. The fraction of sp³-hybridized carbons (Fsp3) is 0.524. The smallest absolute Gasteiger partial charge is 0.126 e. The van der Waals surface area contributed by atoms with Crippen LogP contribution < -0.4 is 5.32 Å². The molecule has 0 spiro atoms. The van der Waals surface area contributed by atoms with Crippen LogP contribution in [0, 0.1) is 25.5 Å². The molecule has 151 valence electrons. The summed E-state index contributed by atoms with van der Waals surface area (Å²) >= 11 is 1.75. The Morgan fingerprint density at radius 3 is 2.11 bits per heavy atom. The summed E-state index contributed by atoms with van der Waals surface area (Å²) in [6.07, 6.45) is -0.0267. The molecule has 0 aliphatic heterocycles. The summed E-state index contributed by atoms with van der Waals surface area (Å²) in [5, 5.41) is 5.54. The van der Waals surface area contributed by atoms with E-state index in [-0.39, 0.29) is 6.10 Å². The first kappa shape index (κ1) is 22.2. The van der Waals surface area contributed by atoms with Gasteiger partial charge >= 0.3 is 0 Å². The van der Waals surface area contributed by atoms with Gasteiger partial charge in [0.25, 0.3) is 0 Å². The highest BCUT2D eigenvalue weighted by Gasteiger charge is 2.24. The molecule has 0 saturated heterocycles. The van der Waals surface area contributed by atoms with E-state index < -0.39 is 20.0 Å². The van der Waals surface area contributed by atoms with E-state index >= 15 is 0 Å². The molecular formula is C21H31F2NOSSi-. The lowest BCUT2D eigenvalue weighted by Gasteiger charge is -2.45. The predicted octanol–water partition coefficient (Wildman–Crippen LogP) is 6.50. The first-order valence-electron chi connectivity index (χ1n) is 9.72. The van der Waals surface area contributed by atoms with Crippen molar-refractivity contribution in [2.24, 2.45) is 0 Å². The number of benzene rings is 1. The number of rotatable bonds is 10. The van der Waals surface area contributed by atoms with Crippen molar-refractivity contribution >= 4 is 19.7 Å². The third kappa shape index (κ3) is 5.70. The third-order valence-electron chi connectivity index (χ3n) is 5.45. The highest BCUT2D eigenvalue weighted by molar-refractivity contribution is 7.10. The number of thiophene rings is 1. The molecule has 0 bridgehead atoms. The Morgan fingerprint density at radius 2 is 1.63 bits per heavy atom. The fourth-order valence-corrected chi connectivity index (χ4v) is 7.33. The van der Waals surface area contributed by atoms with Crippen molar-refractivity contribution in [1.82, 2.24) is 5.32 Å². The Morgan fingerprint density at radius 1 is 1.04 bits per heavy atom. The van der Waals surface area contributed by atoms with Crippen LogP contribution >= 0.6 is 11.3 Å². The molecular weight excluding hydrogens is 380 g/mol. The van der Waals surface area contributed by atoms with Crippen molar-refractivity contribution in [2.75, 3.05) is 6.54 Å². The molecule has 0 saturated carbocycles. The van der Waals surface area contributed by atoms with E-state index in [1.165, 1.54) is 28.1 Å². The Bertz CT molecular complexity index is 698. The molecule has 2 rings (SSSR count). The zero-order valence-corrected chi connectivity index (χ0v) is 18.8. The predicted molar refractivity (Wildman–Crippen MR) is 113 cm³/mol. The molecule has 1 N–H and O–H groups in total. The van der Waals surface area contributed by atoms with Gasteiger partial charge in [-0.25, -0.2) is 8.78 Å². The highest BCUT2D eigenvalue weighted by Crippen LogP contribution is 2.34. The van der Waals surface area contributed by atoms with Gasteiger partial charge in [0, 0.05) is 24.0 Å². The number of halogens is 2. The van der Waals surface area contributed by atoms with Gasteiger partial charge in [0.05, 0.1) is 6.10 Å². The lowest BCUT2D eigenvalue weighted by atomic mass is 10.1. The summed E-state index contributed by atoms with van der Waals surface area (Å²) < 4.78 is 33.6. The summed E-state index contributed by atoms with van der Waals surface area (Å²) in [5.41, 5.74) is 3.13. The standard InChI is InChI=1S/C21H31F2NOSSi/c1-6-27(7-2,8-3)25-20(21-15(4)14-26-16(21)5)13-24-12-17-9-18(22)11-19(23)10-17/h9-11,14,20,24H,6-8,12-13H2,1-5H3/q-1. The molecule has 0 radical (unpaired) electrons. The minimum absolute atomic E-state index is 0.0267. The first-order chi connectivity index (χ1) is 12.8. The van der Waals surface area contributed by atoms with Gasteiger partial charge in [0.2, 0.25) is 0 Å². The van der Waals surface area contributed by atoms with Crippen molar-refractivity contribution in [3.05, 3.63) is 56.8 Å². The van der Waals surface area contributed by atoms with Crippen LogP contribution in [0.1, 0.15) is 48.4 Å². The molecule has 6 heteroatoms. The summed E-state index contributed by atoms with van der Waals surface area (Å²) in [5.74, 6) is -1.09. The summed E-state index contributed by atoms with van der Waals surface area (Å²) in [6.45, 7) is 12.0. The van der Waals surface area contributed by atoms with E-state index in [9.17, 15) is 8.78 Å². The first-order valence-corrected chi connectivity index (χ1v) is 13.1. The lowest BCUT2D eigenvalue weighted by Crippen LogP contribution is -2.40. The summed E-state index contributed by atoms with van der Waals surface area (Å²) in [7, 11) is -1.79. The SMILES string of the molecule is CC[Si-](CC)(CC)OC(CNCc1cc(F)cc(F)c1)c1c(C)csc1C. The Labute approximate surface area is 167 Å². The molecule has 1 heterocycles. The molecule has 27 heavy (non-hydrogen) atoms. The highest BCUT2D eigenvalue weighted by atomic mass is 32.1. The largest absolute Gasteiger partial charge is 0.558 e. The van der Waals surface area contributed by atoms with Crippen LogP contribution in [0.5, 0.6) is 0 Å². The minimum atomic E-state index is -1.79. The molecule has 1 aromatic carbocycles. The van der Waals surface area contributed by atoms with Crippen LogP contribution in [-0.4, -0.2) is 14.9 Å². The van der Waals surface area contributed by atoms with Crippen LogP contribution in [0.3, 0.4) is 0 Å². The van der Waals surface area contributed by atoms with Gasteiger partial charge in [-0.15, -0.1) is 29.5 Å². The number of nitrogens with one attached hydrogen (secondary N) is 1. The second-order valence-electron chi connectivity index (χ2n) is 7.15. The van der Waals surface area contributed by atoms with Gasteiger partial charge in [-0.1, -0.05) is 20.8 Å². The molecule has 2 nitrogen and oxygen atoms in total. The van der Waals surface area contributed by atoms with Gasteiger partial charge in [0.1, 0.15) is 11.6 Å². The number of hydrogen-bond acceptors (Lipinski definition) is 3. The van der Waals surface area contributed by atoms with E-state index in [4.69, 9.17) is 4.43 Å². The Kier molecular flexibility index (Phi) is 8.15. The maximum absolute atomic E-state index is 13.4. The molecule has 1 atom stereocenters. The number of aryl methyl sites for hydroxylation is 2. The van der Waals surface area contributed by atoms with Crippen LogP contribution in [-0.2, 0) is 11.0 Å². The van der Waals surface area contributed by atoms with E-state index in [0.29, 0.717) is 18.7 Å². The van der Waals surface area contributed by atoms with Crippen molar-refractivity contribution in [3.8, 4) is 0 Å². The normalized spacial score (nSPS) is 13.1. The van der Waals surface area contributed by atoms with Crippen molar-refractivity contribution < 1.29 is 13.2 Å². The van der Waals surface area contributed by atoms with Crippen molar-refractivity contribution in [1.29, 1.82) is 0 Å². The monoisotopic (exact) mass is 411 g/mol. The molecule has 1 aromatic heterocycles. The average Bonchev–Trinajstić information content (AvgIpc) is 2.96. The molecule has 0 fully saturated rings. The molecule has 1 unspecified atom stereocenters. The maximum atomic E-state index is 13.4. The quantitative estimate of drug-likeness (QED) is 0.451. The fourth-order valence-electron chi connectivity index (χ4n) is 3.63. The van der Waals surface area contributed by atoms with E-state index in [0.717, 1.165) is 24.2 Å². The van der Waals surface area contributed by atoms with Crippen LogP contribution in [0.2, 0.25) is 18.1 Å². The van der Waals surface area contributed by atoms with Crippen molar-refractivity contribution in [3.63, 3.8) is 0 Å². The molecule has 0 aliphatic rings. The lowest BCUT2D eigenvalue weighted by molar-refractivity contribution is 0.185. The van der Waals surface area contributed by atoms with Gasteiger partial charge in [-0.2, -0.15) is 0 Å². The maximum Gasteiger partial charge on any atom is 0.126 e. The second-order valence-corrected chi connectivity index (χ2v) is 13.0. The van der Waals surface area contributed by atoms with Crippen LogP contribution in [0.15, 0.2) is 23.6 Å². The molecule has 2 aromatic rings. The zero-order chi connectivity index (χ0) is 20.0. The minimum Gasteiger partial charge on any atom is -0.558 e. The second kappa shape index (κ2) is 9.91. The Hall–Kier alpha value is -1.08. The third-order valence-corrected chi connectivity index (χ3v) is 11.1. The summed E-state index contributed by atoms with van der Waals surface area (Å²) in [6, 6.07) is 6.92. The van der Waals surface area contributed by atoms with Crippen LogP contribution in [0.25, 0.3) is 0 Å². The van der Waals surface area contributed by atoms with E-state index in [1.54, 1.807) is 11.3 Å². The van der Waals surface area contributed by atoms with Gasteiger partial charge in [-0.05, 0) is 56.4 Å². The molecule has 0 aliphatic carbocycles. The van der Waals surface area contributed by atoms with E-state index in [1.807, 2.05) is 0 Å². The number of hydrogen-bond donors (Lipinski definition) is 1. The zero-order valence-electron chi connectivity index (χ0n) is 17.0. The van der Waals surface area contributed by atoms with Crippen LogP contribution in [0.4, 0.5) is 8.78 Å². The van der Waals surface area contributed by atoms with Crippen molar-refractivity contribution in [2.45, 2.75) is 65.4 Å². The van der Waals surface area contributed by atoms with E-state index in [2.05, 4.69) is 45.3 Å².